The highest BCUT2D eigenvalue weighted by Gasteiger charge is 2.54. The summed E-state index contributed by atoms with van der Waals surface area (Å²) in [7, 11) is 1.70. The molecule has 1 aliphatic carbocycles. The number of hydrogen-bond donors (Lipinski definition) is 1. The van der Waals surface area contributed by atoms with E-state index in [1.165, 1.54) is 0 Å². The van der Waals surface area contributed by atoms with Gasteiger partial charge in [-0.1, -0.05) is 18.2 Å². The fraction of sp³-hybridized carbons (Fsp3) is 0.588. The van der Waals surface area contributed by atoms with Crippen LogP contribution in [-0.4, -0.2) is 30.5 Å². The van der Waals surface area contributed by atoms with E-state index in [-0.39, 0.29) is 12.7 Å². The lowest BCUT2D eigenvalue weighted by atomic mass is 9.62. The zero-order valence-electron chi connectivity index (χ0n) is 12.3. The van der Waals surface area contributed by atoms with Crippen LogP contribution in [0.5, 0.6) is 5.75 Å². The Balaban J connectivity index is 1.87. The van der Waals surface area contributed by atoms with Gasteiger partial charge in [-0.3, -0.25) is 0 Å². The van der Waals surface area contributed by atoms with Gasteiger partial charge in [0.25, 0.3) is 0 Å². The molecule has 0 amide bonds. The van der Waals surface area contributed by atoms with Gasteiger partial charge in [-0.25, -0.2) is 0 Å². The molecule has 1 saturated carbocycles. The Labute approximate surface area is 125 Å². The molecule has 1 N–H and O–H groups in total. The Hall–Kier alpha value is -1.57. The lowest BCUT2D eigenvalue weighted by Crippen LogP contribution is -2.56. The molecule has 1 aliphatic heterocycles. The number of benzene rings is 1. The molecule has 1 aromatic rings. The van der Waals surface area contributed by atoms with E-state index >= 15 is 0 Å². The van der Waals surface area contributed by atoms with Gasteiger partial charge >= 0.3 is 0 Å². The molecular formula is C17H21NO3. The van der Waals surface area contributed by atoms with E-state index in [1.807, 2.05) is 24.3 Å². The number of hydrogen-bond acceptors (Lipinski definition) is 4. The first kappa shape index (κ1) is 14.4. The topological polar surface area (TPSA) is 62.5 Å². The van der Waals surface area contributed by atoms with Crippen LogP contribution < -0.4 is 4.74 Å². The summed E-state index contributed by atoms with van der Waals surface area (Å²) < 4.78 is 11.2. The fourth-order valence-electron chi connectivity index (χ4n) is 3.63. The molecule has 1 atom stereocenters. The van der Waals surface area contributed by atoms with Crippen LogP contribution in [0.2, 0.25) is 0 Å². The van der Waals surface area contributed by atoms with E-state index in [2.05, 4.69) is 6.07 Å². The fourth-order valence-corrected chi connectivity index (χ4v) is 3.63. The smallest absolute Gasteiger partial charge is 0.124 e. The number of nitrogens with zero attached hydrogens (tertiary/aromatic N) is 1. The van der Waals surface area contributed by atoms with Crippen LogP contribution in [0.25, 0.3) is 0 Å². The molecule has 0 saturated heterocycles. The summed E-state index contributed by atoms with van der Waals surface area (Å²) in [5, 5.41) is 20.9. The van der Waals surface area contributed by atoms with Crippen LogP contribution in [0.1, 0.15) is 31.2 Å². The summed E-state index contributed by atoms with van der Waals surface area (Å²) in [6, 6.07) is 10.2. The van der Waals surface area contributed by atoms with Crippen molar-refractivity contribution in [3.05, 3.63) is 29.8 Å². The van der Waals surface area contributed by atoms with Gasteiger partial charge in [-0.2, -0.15) is 5.26 Å². The van der Waals surface area contributed by atoms with Gasteiger partial charge in [0, 0.05) is 13.5 Å². The number of nitriles is 1. The molecule has 112 valence electrons. The lowest BCUT2D eigenvalue weighted by molar-refractivity contribution is -0.123. The second-order valence-electron chi connectivity index (χ2n) is 6.23. The Bertz CT molecular complexity index is 557. The van der Waals surface area contributed by atoms with Gasteiger partial charge in [0.15, 0.2) is 0 Å². The van der Waals surface area contributed by atoms with Crippen molar-refractivity contribution in [2.24, 2.45) is 5.41 Å². The van der Waals surface area contributed by atoms with Crippen molar-refractivity contribution in [2.45, 2.75) is 43.8 Å². The van der Waals surface area contributed by atoms with Crippen molar-refractivity contribution < 1.29 is 14.6 Å². The van der Waals surface area contributed by atoms with Gasteiger partial charge in [-0.15, -0.1) is 0 Å². The second-order valence-corrected chi connectivity index (χ2v) is 6.23. The summed E-state index contributed by atoms with van der Waals surface area (Å²) in [5.74, 6) is 0.831. The van der Waals surface area contributed by atoms with Gasteiger partial charge in [0.05, 0.1) is 17.8 Å². The Morgan fingerprint density at radius 2 is 2.05 bits per heavy atom. The van der Waals surface area contributed by atoms with Gasteiger partial charge in [0.2, 0.25) is 0 Å². The highest BCUT2D eigenvalue weighted by molar-refractivity contribution is 5.38. The van der Waals surface area contributed by atoms with E-state index in [9.17, 15) is 10.4 Å². The van der Waals surface area contributed by atoms with Crippen LogP contribution >= 0.6 is 0 Å². The molecule has 4 heteroatoms. The Morgan fingerprint density at radius 3 is 2.71 bits per heavy atom. The lowest BCUT2D eigenvalue weighted by Gasteiger charge is -2.47. The van der Waals surface area contributed by atoms with E-state index < -0.39 is 11.0 Å². The molecule has 0 spiro atoms. The third kappa shape index (κ3) is 2.31. The molecule has 0 bridgehead atoms. The number of ether oxygens (including phenoxy) is 2. The van der Waals surface area contributed by atoms with Crippen molar-refractivity contribution in [3.63, 3.8) is 0 Å². The summed E-state index contributed by atoms with van der Waals surface area (Å²) in [6.07, 6.45) is 3.50. The van der Waals surface area contributed by atoms with E-state index in [0.29, 0.717) is 19.3 Å². The SMILES string of the molecule is COC1CCC(O)(C2(C#N)COc3ccccc3C2)CC1. The molecule has 1 heterocycles. The summed E-state index contributed by atoms with van der Waals surface area (Å²) in [5.41, 5.74) is -0.850. The maximum absolute atomic E-state index is 11.1. The third-order valence-corrected chi connectivity index (χ3v) is 5.14. The van der Waals surface area contributed by atoms with Gasteiger partial charge < -0.3 is 14.6 Å². The molecule has 0 aromatic heterocycles. The number of methoxy groups -OCH3 is 1. The van der Waals surface area contributed by atoms with Gasteiger partial charge in [-0.05, 0) is 37.3 Å². The molecule has 1 unspecified atom stereocenters. The first-order valence-electron chi connectivity index (χ1n) is 7.50. The van der Waals surface area contributed by atoms with E-state index in [0.717, 1.165) is 24.2 Å². The molecule has 4 nitrogen and oxygen atoms in total. The molecular weight excluding hydrogens is 266 g/mol. The first-order valence-corrected chi connectivity index (χ1v) is 7.50. The van der Waals surface area contributed by atoms with Crippen LogP contribution in [0, 0.1) is 16.7 Å². The minimum Gasteiger partial charge on any atom is -0.492 e. The van der Waals surface area contributed by atoms with Crippen molar-refractivity contribution >= 4 is 0 Å². The van der Waals surface area contributed by atoms with Crippen LogP contribution in [0.15, 0.2) is 24.3 Å². The molecule has 1 fully saturated rings. The van der Waals surface area contributed by atoms with Crippen molar-refractivity contribution in [1.82, 2.24) is 0 Å². The highest BCUT2D eigenvalue weighted by atomic mass is 16.5. The standard InChI is InChI=1S/C17H21NO3/c1-20-14-6-8-17(19,9-7-14)16(11-18)10-13-4-2-3-5-15(13)21-12-16/h2-5,14,19H,6-10,12H2,1H3. The Kier molecular flexibility index (Phi) is 3.64. The highest BCUT2D eigenvalue weighted by Crippen LogP contribution is 2.48. The molecule has 3 rings (SSSR count). The van der Waals surface area contributed by atoms with Crippen molar-refractivity contribution in [1.29, 1.82) is 5.26 Å². The molecule has 0 radical (unpaired) electrons. The van der Waals surface area contributed by atoms with Gasteiger partial charge in [0.1, 0.15) is 17.8 Å². The zero-order chi connectivity index (χ0) is 14.9. The molecule has 2 aliphatic rings. The first-order chi connectivity index (χ1) is 10.1. The minimum absolute atomic E-state index is 0.192. The zero-order valence-corrected chi connectivity index (χ0v) is 12.3. The number of fused-ring (bicyclic) bond motifs is 1. The maximum atomic E-state index is 11.1. The predicted octanol–water partition coefficient (Wildman–Crippen LogP) is 2.45. The summed E-state index contributed by atoms with van der Waals surface area (Å²) in [6.45, 7) is 0.259. The molecule has 1 aromatic carbocycles. The number of rotatable bonds is 2. The number of para-hydroxylation sites is 1. The van der Waals surface area contributed by atoms with Crippen LogP contribution in [-0.2, 0) is 11.2 Å². The Morgan fingerprint density at radius 1 is 1.33 bits per heavy atom. The van der Waals surface area contributed by atoms with E-state index in [4.69, 9.17) is 9.47 Å². The predicted molar refractivity (Wildman–Crippen MR) is 77.9 cm³/mol. The number of aliphatic hydroxyl groups is 1. The average molecular weight is 287 g/mol. The molecule has 21 heavy (non-hydrogen) atoms. The quantitative estimate of drug-likeness (QED) is 0.907. The minimum atomic E-state index is -0.996. The van der Waals surface area contributed by atoms with Crippen LogP contribution in [0.3, 0.4) is 0 Å². The summed E-state index contributed by atoms with van der Waals surface area (Å²) in [4.78, 5) is 0. The summed E-state index contributed by atoms with van der Waals surface area (Å²) >= 11 is 0. The van der Waals surface area contributed by atoms with Crippen molar-refractivity contribution in [2.75, 3.05) is 13.7 Å². The van der Waals surface area contributed by atoms with Crippen molar-refractivity contribution in [3.8, 4) is 11.8 Å². The maximum Gasteiger partial charge on any atom is 0.124 e. The largest absolute Gasteiger partial charge is 0.492 e. The monoisotopic (exact) mass is 287 g/mol. The third-order valence-electron chi connectivity index (χ3n) is 5.14. The second kappa shape index (κ2) is 5.32. The van der Waals surface area contributed by atoms with E-state index in [1.54, 1.807) is 7.11 Å². The average Bonchev–Trinajstić information content (AvgIpc) is 2.55. The van der Waals surface area contributed by atoms with Crippen LogP contribution in [0.4, 0.5) is 0 Å². The normalized spacial score (nSPS) is 35.4.